The lowest BCUT2D eigenvalue weighted by molar-refractivity contribution is 0.324. The van der Waals surface area contributed by atoms with E-state index in [0.29, 0.717) is 11.5 Å². The lowest BCUT2D eigenvalue weighted by Gasteiger charge is -2.31. The topological polar surface area (TPSA) is 43.0 Å². The first kappa shape index (κ1) is 15.7. The minimum atomic E-state index is 0. The maximum Gasteiger partial charge on any atom is 0.205 e. The molecule has 0 unspecified atom stereocenters. The number of piperazine rings is 1. The maximum absolute atomic E-state index is 5.50. The van der Waals surface area contributed by atoms with Gasteiger partial charge in [-0.1, -0.05) is 0 Å². The van der Waals surface area contributed by atoms with Crippen molar-refractivity contribution in [3.8, 4) is 17.2 Å². The molecule has 1 N–H and O–H groups in total. The number of nitrogens with one attached hydrogen (secondary N) is 1. The van der Waals surface area contributed by atoms with E-state index in [0.717, 1.165) is 37.6 Å². The van der Waals surface area contributed by atoms with Gasteiger partial charge in [0, 0.05) is 26.2 Å². The summed E-state index contributed by atoms with van der Waals surface area (Å²) in [6.45, 7) is 3.90. The molecule has 1 aromatic rings. The van der Waals surface area contributed by atoms with E-state index in [1.165, 1.54) is 0 Å². The van der Waals surface area contributed by atoms with Crippen LogP contribution in [-0.2, 0) is 0 Å². The molecule has 0 amide bonds. The number of rotatable bonds is 4. The Balaban J connectivity index is 0.00000180. The Morgan fingerprint density at radius 2 is 1.58 bits per heavy atom. The van der Waals surface area contributed by atoms with Crippen LogP contribution in [0, 0.1) is 0 Å². The molecule has 0 atom stereocenters. The zero-order valence-corrected chi connectivity index (χ0v) is 12.4. The first-order chi connectivity index (χ1) is 8.81. The van der Waals surface area contributed by atoms with E-state index in [1.54, 1.807) is 21.3 Å². The molecule has 108 valence electrons. The van der Waals surface area contributed by atoms with Crippen LogP contribution in [0.3, 0.4) is 0 Å². The van der Waals surface area contributed by atoms with Crippen molar-refractivity contribution < 1.29 is 14.2 Å². The molecule has 6 heteroatoms. The first-order valence-electron chi connectivity index (χ1n) is 6.06. The van der Waals surface area contributed by atoms with Crippen LogP contribution >= 0.6 is 12.4 Å². The second kappa shape index (κ2) is 7.31. The van der Waals surface area contributed by atoms with Crippen LogP contribution in [-0.4, -0.2) is 47.5 Å². The maximum atomic E-state index is 5.50. The van der Waals surface area contributed by atoms with Gasteiger partial charge in [-0.15, -0.1) is 12.4 Å². The smallest absolute Gasteiger partial charge is 0.205 e. The molecule has 1 fully saturated rings. The molecular weight excluding hydrogens is 268 g/mol. The number of hydrogen-bond donors (Lipinski definition) is 1. The molecule has 1 heterocycles. The van der Waals surface area contributed by atoms with Crippen molar-refractivity contribution >= 4 is 18.1 Å². The largest absolute Gasteiger partial charge is 0.493 e. The molecule has 19 heavy (non-hydrogen) atoms. The summed E-state index contributed by atoms with van der Waals surface area (Å²) >= 11 is 0. The molecule has 2 rings (SSSR count). The summed E-state index contributed by atoms with van der Waals surface area (Å²) in [4.78, 5) is 2.29. The van der Waals surface area contributed by atoms with Crippen molar-refractivity contribution in [2.24, 2.45) is 0 Å². The summed E-state index contributed by atoms with van der Waals surface area (Å²) in [5, 5.41) is 3.33. The van der Waals surface area contributed by atoms with Crippen LogP contribution in [0.2, 0.25) is 0 Å². The lowest BCUT2D eigenvalue weighted by Crippen LogP contribution is -2.43. The quantitative estimate of drug-likeness (QED) is 0.910. The van der Waals surface area contributed by atoms with Gasteiger partial charge in [-0.25, -0.2) is 0 Å². The minimum absolute atomic E-state index is 0. The highest BCUT2D eigenvalue weighted by Crippen LogP contribution is 2.44. The van der Waals surface area contributed by atoms with Crippen molar-refractivity contribution in [3.05, 3.63) is 12.1 Å². The Bertz CT molecular complexity index is 409. The fraction of sp³-hybridized carbons (Fsp3) is 0.538. The molecule has 5 nitrogen and oxygen atoms in total. The molecule has 1 aliphatic heterocycles. The number of benzene rings is 1. The zero-order chi connectivity index (χ0) is 13.0. The van der Waals surface area contributed by atoms with Gasteiger partial charge in [0.15, 0.2) is 11.5 Å². The molecule has 0 aromatic heterocycles. The highest BCUT2D eigenvalue weighted by atomic mass is 35.5. The summed E-state index contributed by atoms with van der Waals surface area (Å²) in [6, 6.07) is 3.93. The van der Waals surface area contributed by atoms with E-state index < -0.39 is 0 Å². The Hall–Kier alpha value is -1.33. The predicted octanol–water partition coefficient (Wildman–Crippen LogP) is 1.54. The number of nitrogens with zero attached hydrogens (tertiary/aromatic N) is 1. The summed E-state index contributed by atoms with van der Waals surface area (Å²) < 4.78 is 16.2. The molecule has 0 radical (unpaired) electrons. The lowest BCUT2D eigenvalue weighted by atomic mass is 10.2. The van der Waals surface area contributed by atoms with E-state index in [4.69, 9.17) is 14.2 Å². The van der Waals surface area contributed by atoms with Crippen molar-refractivity contribution in [2.75, 3.05) is 52.4 Å². The van der Waals surface area contributed by atoms with Gasteiger partial charge in [0.05, 0.1) is 27.0 Å². The van der Waals surface area contributed by atoms with Crippen molar-refractivity contribution in [3.63, 3.8) is 0 Å². The fourth-order valence-corrected chi connectivity index (χ4v) is 2.24. The molecule has 0 aliphatic carbocycles. The summed E-state index contributed by atoms with van der Waals surface area (Å²) in [5.41, 5.74) is 1.05. The Labute approximate surface area is 120 Å². The summed E-state index contributed by atoms with van der Waals surface area (Å²) in [7, 11) is 4.91. The fourth-order valence-electron chi connectivity index (χ4n) is 2.24. The number of ether oxygens (including phenoxy) is 3. The summed E-state index contributed by atoms with van der Waals surface area (Å²) in [5.74, 6) is 2.07. The minimum Gasteiger partial charge on any atom is -0.493 e. The number of anilines is 1. The van der Waals surface area contributed by atoms with Gasteiger partial charge < -0.3 is 24.4 Å². The van der Waals surface area contributed by atoms with Gasteiger partial charge in [-0.05, 0) is 12.1 Å². The first-order valence-corrected chi connectivity index (χ1v) is 6.06. The van der Waals surface area contributed by atoms with Crippen LogP contribution in [0.25, 0.3) is 0 Å². The van der Waals surface area contributed by atoms with Gasteiger partial charge in [0.1, 0.15) is 0 Å². The Morgan fingerprint density at radius 3 is 2.11 bits per heavy atom. The normalized spacial score (nSPS) is 14.6. The Kier molecular flexibility index (Phi) is 6.05. The van der Waals surface area contributed by atoms with Crippen molar-refractivity contribution in [1.29, 1.82) is 0 Å². The zero-order valence-electron chi connectivity index (χ0n) is 11.6. The number of halogens is 1. The monoisotopic (exact) mass is 288 g/mol. The number of hydrogen-bond acceptors (Lipinski definition) is 5. The molecule has 1 aromatic carbocycles. The second-order valence-electron chi connectivity index (χ2n) is 4.09. The number of methoxy groups -OCH3 is 3. The average Bonchev–Trinajstić information content (AvgIpc) is 2.46. The standard InChI is InChI=1S/C13H20N2O3.ClH/c1-16-11-5-4-10(12(17-2)13(11)18-3)15-8-6-14-7-9-15;/h4-5,14H,6-9H2,1-3H3;1H. The van der Waals surface area contributed by atoms with E-state index in [-0.39, 0.29) is 12.4 Å². The van der Waals surface area contributed by atoms with Crippen LogP contribution in [0.4, 0.5) is 5.69 Å². The average molecular weight is 289 g/mol. The van der Waals surface area contributed by atoms with E-state index in [1.807, 2.05) is 12.1 Å². The van der Waals surface area contributed by atoms with Gasteiger partial charge in [-0.3, -0.25) is 0 Å². The highest BCUT2D eigenvalue weighted by Gasteiger charge is 2.21. The molecule has 0 spiro atoms. The van der Waals surface area contributed by atoms with Crippen LogP contribution in [0.15, 0.2) is 12.1 Å². The molecule has 0 saturated carbocycles. The van der Waals surface area contributed by atoms with Gasteiger partial charge >= 0.3 is 0 Å². The van der Waals surface area contributed by atoms with Crippen LogP contribution in [0.1, 0.15) is 0 Å². The van der Waals surface area contributed by atoms with Crippen LogP contribution in [0.5, 0.6) is 17.2 Å². The third-order valence-corrected chi connectivity index (χ3v) is 3.14. The van der Waals surface area contributed by atoms with Gasteiger partial charge in [0.2, 0.25) is 5.75 Å². The Morgan fingerprint density at radius 1 is 0.947 bits per heavy atom. The van der Waals surface area contributed by atoms with E-state index in [9.17, 15) is 0 Å². The molecule has 1 aliphatic rings. The van der Waals surface area contributed by atoms with Crippen LogP contribution < -0.4 is 24.4 Å². The van der Waals surface area contributed by atoms with E-state index in [2.05, 4.69) is 10.2 Å². The predicted molar refractivity (Wildman–Crippen MR) is 78.4 cm³/mol. The van der Waals surface area contributed by atoms with E-state index >= 15 is 0 Å². The molecular formula is C13H21ClN2O3. The van der Waals surface area contributed by atoms with Gasteiger partial charge in [-0.2, -0.15) is 0 Å². The molecule has 0 bridgehead atoms. The SMILES string of the molecule is COc1ccc(N2CCNCC2)c(OC)c1OC.Cl. The third-order valence-electron chi connectivity index (χ3n) is 3.14. The van der Waals surface area contributed by atoms with Gasteiger partial charge in [0.25, 0.3) is 0 Å². The molecule has 1 saturated heterocycles. The second-order valence-corrected chi connectivity index (χ2v) is 4.09. The van der Waals surface area contributed by atoms with Crippen molar-refractivity contribution in [1.82, 2.24) is 5.32 Å². The van der Waals surface area contributed by atoms with Crippen molar-refractivity contribution in [2.45, 2.75) is 0 Å². The summed E-state index contributed by atoms with van der Waals surface area (Å²) in [6.07, 6.45) is 0. The third kappa shape index (κ3) is 3.16. The highest BCUT2D eigenvalue weighted by molar-refractivity contribution is 5.85.